The first-order valence-electron chi connectivity index (χ1n) is 10.0. The van der Waals surface area contributed by atoms with E-state index in [1.54, 1.807) is 0 Å². The van der Waals surface area contributed by atoms with Crippen molar-refractivity contribution in [2.24, 2.45) is 0 Å². The first kappa shape index (κ1) is 21.8. The number of nitrogens with one attached hydrogen (secondary N) is 1. The van der Waals surface area contributed by atoms with Crippen LogP contribution in [0.1, 0.15) is 44.2 Å². The fourth-order valence-electron chi connectivity index (χ4n) is 3.33. The number of benzene rings is 1. The van der Waals surface area contributed by atoms with Crippen LogP contribution in [0, 0.1) is 6.92 Å². The highest BCUT2D eigenvalue weighted by Crippen LogP contribution is 2.19. The Labute approximate surface area is 167 Å². The molecule has 0 spiro atoms. The molecule has 27 heavy (non-hydrogen) atoms. The Balaban J connectivity index is 1.78. The van der Waals surface area contributed by atoms with E-state index in [2.05, 4.69) is 22.3 Å². The van der Waals surface area contributed by atoms with Gasteiger partial charge in [0.2, 0.25) is 11.8 Å². The molecule has 1 aliphatic heterocycles. The van der Waals surface area contributed by atoms with Crippen molar-refractivity contribution in [3.05, 3.63) is 29.3 Å². The van der Waals surface area contributed by atoms with Crippen LogP contribution in [0.3, 0.4) is 0 Å². The highest BCUT2D eigenvalue weighted by Gasteiger charge is 2.13. The summed E-state index contributed by atoms with van der Waals surface area (Å²) in [5.74, 6) is 2.53. The first-order chi connectivity index (χ1) is 13.0. The molecule has 1 saturated heterocycles. The molecule has 0 saturated carbocycles. The van der Waals surface area contributed by atoms with E-state index < -0.39 is 0 Å². The third-order valence-electron chi connectivity index (χ3n) is 4.99. The molecule has 0 aromatic heterocycles. The van der Waals surface area contributed by atoms with E-state index in [4.69, 9.17) is 0 Å². The Kier molecular flexibility index (Phi) is 9.15. The molecule has 5 nitrogen and oxygen atoms in total. The molecular weight excluding hydrogens is 358 g/mol. The van der Waals surface area contributed by atoms with Gasteiger partial charge in [-0.1, -0.05) is 12.1 Å². The molecule has 1 heterocycles. The Bertz CT molecular complexity index is 626. The second-order valence-electron chi connectivity index (χ2n) is 7.01. The van der Waals surface area contributed by atoms with Crippen LogP contribution in [-0.4, -0.2) is 59.3 Å². The number of nitrogens with zero attached hydrogens (tertiary/aromatic N) is 2. The minimum absolute atomic E-state index is 0.0220. The van der Waals surface area contributed by atoms with E-state index in [1.807, 2.05) is 43.5 Å². The van der Waals surface area contributed by atoms with Crippen LogP contribution in [0.25, 0.3) is 0 Å². The second kappa shape index (κ2) is 11.3. The largest absolute Gasteiger partial charge is 0.343 e. The summed E-state index contributed by atoms with van der Waals surface area (Å²) < 4.78 is 0. The van der Waals surface area contributed by atoms with Crippen molar-refractivity contribution in [1.29, 1.82) is 0 Å². The molecule has 150 valence electrons. The zero-order valence-electron chi connectivity index (χ0n) is 16.9. The topological polar surface area (TPSA) is 52.7 Å². The van der Waals surface area contributed by atoms with Crippen LogP contribution < -0.4 is 5.32 Å². The lowest BCUT2D eigenvalue weighted by molar-refractivity contribution is -0.130. The summed E-state index contributed by atoms with van der Waals surface area (Å²) in [6, 6.07) is 6.28. The minimum Gasteiger partial charge on any atom is -0.343 e. The number of aryl methyl sites for hydroxylation is 1. The van der Waals surface area contributed by atoms with Crippen LogP contribution in [0.4, 0.5) is 5.69 Å². The predicted molar refractivity (Wildman–Crippen MR) is 114 cm³/mol. The maximum Gasteiger partial charge on any atom is 0.224 e. The SMILES string of the molecule is CCN(CC)C(=O)CCCC(=O)Nc1ccc(CN2CCSCC2)cc1C. The zero-order valence-corrected chi connectivity index (χ0v) is 17.7. The van der Waals surface area contributed by atoms with Gasteiger partial charge >= 0.3 is 0 Å². The molecule has 2 amide bonds. The Hall–Kier alpha value is -1.53. The lowest BCUT2D eigenvalue weighted by Crippen LogP contribution is -2.31. The summed E-state index contributed by atoms with van der Waals surface area (Å²) in [5, 5.41) is 2.99. The van der Waals surface area contributed by atoms with Crippen molar-refractivity contribution in [3.63, 3.8) is 0 Å². The van der Waals surface area contributed by atoms with Gasteiger partial charge in [-0.15, -0.1) is 0 Å². The Morgan fingerprint density at radius 2 is 1.85 bits per heavy atom. The zero-order chi connectivity index (χ0) is 19.6. The van der Waals surface area contributed by atoms with Crippen molar-refractivity contribution in [2.45, 2.75) is 46.6 Å². The summed E-state index contributed by atoms with van der Waals surface area (Å²) in [4.78, 5) is 28.5. The fraction of sp³-hybridized carbons (Fsp3) is 0.619. The molecule has 1 aliphatic rings. The van der Waals surface area contributed by atoms with Gasteiger partial charge in [-0.2, -0.15) is 11.8 Å². The normalized spacial score (nSPS) is 14.8. The van der Waals surface area contributed by atoms with Gasteiger partial charge < -0.3 is 10.2 Å². The number of carbonyl (C=O) groups excluding carboxylic acids is 2. The summed E-state index contributed by atoms with van der Waals surface area (Å²) in [6.45, 7) is 10.7. The van der Waals surface area contributed by atoms with E-state index >= 15 is 0 Å². The minimum atomic E-state index is -0.0220. The van der Waals surface area contributed by atoms with Crippen LogP contribution >= 0.6 is 11.8 Å². The highest BCUT2D eigenvalue weighted by atomic mass is 32.2. The van der Waals surface area contributed by atoms with Gasteiger partial charge in [-0.3, -0.25) is 14.5 Å². The van der Waals surface area contributed by atoms with Crippen molar-refractivity contribution < 1.29 is 9.59 Å². The number of carbonyl (C=O) groups is 2. The van der Waals surface area contributed by atoms with E-state index in [0.29, 0.717) is 19.3 Å². The summed E-state index contributed by atoms with van der Waals surface area (Å²) in [6.07, 6.45) is 1.39. The molecule has 1 aromatic carbocycles. The van der Waals surface area contributed by atoms with Gasteiger partial charge in [-0.05, 0) is 44.4 Å². The summed E-state index contributed by atoms with van der Waals surface area (Å²) in [7, 11) is 0. The van der Waals surface area contributed by atoms with E-state index in [-0.39, 0.29) is 11.8 Å². The average Bonchev–Trinajstić information content (AvgIpc) is 2.66. The van der Waals surface area contributed by atoms with Crippen LogP contribution in [0.5, 0.6) is 0 Å². The van der Waals surface area contributed by atoms with Crippen molar-refractivity contribution in [2.75, 3.05) is 43.0 Å². The molecular formula is C21H33N3O2S. The fourth-order valence-corrected chi connectivity index (χ4v) is 4.31. The molecule has 1 N–H and O–H groups in total. The lowest BCUT2D eigenvalue weighted by Gasteiger charge is -2.26. The number of hydrogen-bond donors (Lipinski definition) is 1. The van der Waals surface area contributed by atoms with Gasteiger partial charge in [-0.25, -0.2) is 0 Å². The van der Waals surface area contributed by atoms with E-state index in [9.17, 15) is 9.59 Å². The standard InChI is InChI=1S/C21H33N3O2S/c1-4-24(5-2)21(26)8-6-7-20(25)22-19-10-9-18(15-17(19)3)16-23-11-13-27-14-12-23/h9-10,15H,4-8,11-14,16H2,1-3H3,(H,22,25). The van der Waals surface area contributed by atoms with Crippen LogP contribution in [0.15, 0.2) is 18.2 Å². The quantitative estimate of drug-likeness (QED) is 0.700. The predicted octanol–water partition coefficient (Wildman–Crippen LogP) is 3.52. The number of hydrogen-bond acceptors (Lipinski definition) is 4. The van der Waals surface area contributed by atoms with Crippen molar-refractivity contribution >= 4 is 29.3 Å². The molecule has 0 atom stereocenters. The van der Waals surface area contributed by atoms with Gasteiger partial charge in [0.25, 0.3) is 0 Å². The molecule has 0 aliphatic carbocycles. The molecule has 0 bridgehead atoms. The maximum absolute atomic E-state index is 12.2. The second-order valence-corrected chi connectivity index (χ2v) is 8.23. The summed E-state index contributed by atoms with van der Waals surface area (Å²) >= 11 is 2.02. The van der Waals surface area contributed by atoms with E-state index in [1.165, 1.54) is 17.1 Å². The molecule has 1 aromatic rings. The number of anilines is 1. The molecule has 0 radical (unpaired) electrons. The molecule has 1 fully saturated rings. The van der Waals surface area contributed by atoms with Crippen LogP contribution in [0.2, 0.25) is 0 Å². The smallest absolute Gasteiger partial charge is 0.224 e. The van der Waals surface area contributed by atoms with Gasteiger partial charge in [0.15, 0.2) is 0 Å². The Morgan fingerprint density at radius 3 is 2.48 bits per heavy atom. The van der Waals surface area contributed by atoms with Gasteiger partial charge in [0.05, 0.1) is 0 Å². The maximum atomic E-state index is 12.2. The summed E-state index contributed by atoms with van der Waals surface area (Å²) in [5.41, 5.74) is 3.25. The first-order valence-corrected chi connectivity index (χ1v) is 11.2. The van der Waals surface area contributed by atoms with Crippen molar-refractivity contribution in [3.8, 4) is 0 Å². The molecule has 0 unspecified atom stereocenters. The monoisotopic (exact) mass is 391 g/mol. The number of thioether (sulfide) groups is 1. The van der Waals surface area contributed by atoms with E-state index in [0.717, 1.165) is 44.0 Å². The highest BCUT2D eigenvalue weighted by molar-refractivity contribution is 7.99. The van der Waals surface area contributed by atoms with Gasteiger partial charge in [0, 0.05) is 62.8 Å². The third kappa shape index (κ3) is 7.18. The number of rotatable bonds is 9. The lowest BCUT2D eigenvalue weighted by atomic mass is 10.1. The van der Waals surface area contributed by atoms with Crippen molar-refractivity contribution in [1.82, 2.24) is 9.80 Å². The Morgan fingerprint density at radius 1 is 1.15 bits per heavy atom. The average molecular weight is 392 g/mol. The third-order valence-corrected chi connectivity index (χ3v) is 5.93. The van der Waals surface area contributed by atoms with Crippen LogP contribution in [-0.2, 0) is 16.1 Å². The number of amides is 2. The molecule has 2 rings (SSSR count). The molecule has 6 heteroatoms. The van der Waals surface area contributed by atoms with Gasteiger partial charge in [0.1, 0.15) is 0 Å².